The lowest BCUT2D eigenvalue weighted by Gasteiger charge is -2.48. The average Bonchev–Trinajstić information content (AvgIpc) is 2.64. The van der Waals surface area contributed by atoms with Crippen LogP contribution in [0.1, 0.15) is 38.7 Å². The first-order valence-electron chi connectivity index (χ1n) is 8.73. The number of benzene rings is 1. The van der Waals surface area contributed by atoms with E-state index in [1.807, 2.05) is 13.0 Å². The number of carbonyl (C=O) groups is 2. The number of para-hydroxylation sites is 1. The van der Waals surface area contributed by atoms with Crippen molar-refractivity contribution in [1.82, 2.24) is 0 Å². The first kappa shape index (κ1) is 18.2. The molecule has 0 spiro atoms. The molecule has 3 rings (SSSR count). The van der Waals surface area contributed by atoms with Crippen molar-refractivity contribution in [3.8, 4) is 11.5 Å². The van der Waals surface area contributed by atoms with Crippen molar-refractivity contribution in [1.29, 1.82) is 0 Å². The molecule has 3 atom stereocenters. The lowest BCUT2D eigenvalue weighted by Crippen LogP contribution is -2.50. The number of allylic oxidation sites excluding steroid dienone is 5. The number of fused-ring (bicyclic) bond motifs is 1. The molecule has 0 saturated carbocycles. The molecule has 4 nitrogen and oxygen atoms in total. The second-order valence-electron chi connectivity index (χ2n) is 7.25. The molecular weight excluding hydrogens is 328 g/mol. The van der Waals surface area contributed by atoms with Crippen LogP contribution in [0.3, 0.4) is 0 Å². The molecule has 2 aliphatic carbocycles. The van der Waals surface area contributed by atoms with Crippen molar-refractivity contribution in [3.63, 3.8) is 0 Å². The molecule has 0 amide bonds. The van der Waals surface area contributed by atoms with Gasteiger partial charge in [0.15, 0.2) is 23.1 Å². The molecule has 136 valence electrons. The average molecular weight is 352 g/mol. The van der Waals surface area contributed by atoms with Gasteiger partial charge in [-0.3, -0.25) is 9.59 Å². The normalized spacial score (nSPS) is 28.5. The van der Waals surface area contributed by atoms with Gasteiger partial charge in [0.2, 0.25) is 0 Å². The number of Topliss-reactive ketones (excluding diaryl/α,β-unsaturated/α-hetero) is 2. The minimum absolute atomic E-state index is 0.00111. The number of ether oxygens (including phenoxy) is 1. The molecular formula is C22H24O4. The van der Waals surface area contributed by atoms with Gasteiger partial charge in [0.1, 0.15) is 0 Å². The van der Waals surface area contributed by atoms with E-state index >= 15 is 0 Å². The zero-order valence-corrected chi connectivity index (χ0v) is 15.6. The highest BCUT2D eigenvalue weighted by Gasteiger charge is 2.56. The molecule has 0 heterocycles. The highest BCUT2D eigenvalue weighted by Crippen LogP contribution is 2.57. The lowest BCUT2D eigenvalue weighted by molar-refractivity contribution is -0.138. The summed E-state index contributed by atoms with van der Waals surface area (Å²) in [5.41, 5.74) is 1.51. The molecule has 1 aromatic carbocycles. The van der Waals surface area contributed by atoms with E-state index in [0.29, 0.717) is 28.9 Å². The van der Waals surface area contributed by atoms with E-state index in [0.717, 1.165) is 5.57 Å². The van der Waals surface area contributed by atoms with Gasteiger partial charge in [-0.1, -0.05) is 37.8 Å². The first-order chi connectivity index (χ1) is 12.3. The number of phenolic OH excluding ortho intramolecular Hbond substituents is 1. The predicted octanol–water partition coefficient (Wildman–Crippen LogP) is 4.11. The topological polar surface area (TPSA) is 63.6 Å². The van der Waals surface area contributed by atoms with Crippen LogP contribution in [0.4, 0.5) is 0 Å². The standard InChI is InChI=1S/C22H24O4/c1-6-14-10-11-16-19(23)12(2)13(3)21(25)22(16,4)18(14)15-8-7-9-17(26-5)20(15)24/h6-10,16,18,24H,1,11H2,2-5H3/t16-,18+,22+/m0/s1. The monoisotopic (exact) mass is 352 g/mol. The molecule has 0 bridgehead atoms. The van der Waals surface area contributed by atoms with Gasteiger partial charge < -0.3 is 9.84 Å². The highest BCUT2D eigenvalue weighted by molar-refractivity contribution is 6.15. The third kappa shape index (κ3) is 2.28. The molecule has 0 aliphatic heterocycles. The van der Waals surface area contributed by atoms with Crippen molar-refractivity contribution in [3.05, 3.63) is 59.2 Å². The van der Waals surface area contributed by atoms with Crippen LogP contribution in [0.15, 0.2) is 53.6 Å². The number of rotatable bonds is 3. The fraction of sp³-hybridized carbons (Fsp3) is 0.364. The SMILES string of the molecule is C=CC1=CC[C@H]2C(=O)C(C)=C(C)C(=O)[C@@]2(C)[C@H]1c1cccc(OC)c1O. The maximum absolute atomic E-state index is 13.4. The minimum atomic E-state index is -0.969. The number of hydrogen-bond acceptors (Lipinski definition) is 4. The van der Waals surface area contributed by atoms with E-state index in [4.69, 9.17) is 4.74 Å². The predicted molar refractivity (Wildman–Crippen MR) is 100 cm³/mol. The number of methoxy groups -OCH3 is 1. The summed E-state index contributed by atoms with van der Waals surface area (Å²) in [6.45, 7) is 9.17. The number of hydrogen-bond donors (Lipinski definition) is 1. The van der Waals surface area contributed by atoms with E-state index in [9.17, 15) is 14.7 Å². The van der Waals surface area contributed by atoms with Crippen LogP contribution in [-0.2, 0) is 9.59 Å². The summed E-state index contributed by atoms with van der Waals surface area (Å²) >= 11 is 0. The first-order valence-corrected chi connectivity index (χ1v) is 8.73. The summed E-state index contributed by atoms with van der Waals surface area (Å²) < 4.78 is 5.24. The third-order valence-corrected chi connectivity index (χ3v) is 6.12. The van der Waals surface area contributed by atoms with Gasteiger partial charge in [-0.2, -0.15) is 0 Å². The van der Waals surface area contributed by atoms with Gasteiger partial charge in [0.25, 0.3) is 0 Å². The zero-order valence-electron chi connectivity index (χ0n) is 15.6. The Hall–Kier alpha value is -2.62. The molecule has 0 fully saturated rings. The lowest BCUT2D eigenvalue weighted by atomic mass is 9.52. The quantitative estimate of drug-likeness (QED) is 0.889. The van der Waals surface area contributed by atoms with Crippen molar-refractivity contribution in [2.75, 3.05) is 7.11 Å². The van der Waals surface area contributed by atoms with Crippen LogP contribution >= 0.6 is 0 Å². The van der Waals surface area contributed by atoms with Crippen molar-refractivity contribution >= 4 is 11.6 Å². The molecule has 0 saturated heterocycles. The Morgan fingerprint density at radius 1 is 1.27 bits per heavy atom. The van der Waals surface area contributed by atoms with Crippen LogP contribution in [-0.4, -0.2) is 23.8 Å². The Bertz CT molecular complexity index is 874. The molecule has 2 aliphatic rings. The van der Waals surface area contributed by atoms with Crippen molar-refractivity contribution in [2.45, 2.75) is 33.1 Å². The van der Waals surface area contributed by atoms with Crippen molar-refractivity contribution in [2.24, 2.45) is 11.3 Å². The molecule has 1 N–H and O–H groups in total. The Labute approximate surface area is 153 Å². The molecule has 0 unspecified atom stereocenters. The second kappa shape index (κ2) is 6.27. The van der Waals surface area contributed by atoms with Crippen LogP contribution in [0.25, 0.3) is 0 Å². The molecule has 0 radical (unpaired) electrons. The number of ketones is 2. The fourth-order valence-corrected chi connectivity index (χ4v) is 4.49. The Balaban J connectivity index is 2.30. The smallest absolute Gasteiger partial charge is 0.166 e. The molecule has 4 heteroatoms. The van der Waals surface area contributed by atoms with Gasteiger partial charge >= 0.3 is 0 Å². The fourth-order valence-electron chi connectivity index (χ4n) is 4.49. The van der Waals surface area contributed by atoms with Gasteiger partial charge in [-0.15, -0.1) is 0 Å². The summed E-state index contributed by atoms with van der Waals surface area (Å²) in [7, 11) is 1.49. The Morgan fingerprint density at radius 2 is 1.96 bits per heavy atom. The third-order valence-electron chi connectivity index (χ3n) is 6.12. The Kier molecular flexibility index (Phi) is 4.39. The number of carbonyl (C=O) groups excluding carboxylic acids is 2. The van der Waals surface area contributed by atoms with E-state index in [2.05, 4.69) is 6.58 Å². The highest BCUT2D eigenvalue weighted by atomic mass is 16.5. The summed E-state index contributed by atoms with van der Waals surface area (Å²) in [5, 5.41) is 10.7. The minimum Gasteiger partial charge on any atom is -0.504 e. The maximum atomic E-state index is 13.4. The van der Waals surface area contributed by atoms with Gasteiger partial charge in [0.05, 0.1) is 12.5 Å². The molecule has 26 heavy (non-hydrogen) atoms. The van der Waals surface area contributed by atoms with E-state index < -0.39 is 17.3 Å². The second-order valence-corrected chi connectivity index (χ2v) is 7.25. The van der Waals surface area contributed by atoms with Gasteiger partial charge in [0, 0.05) is 17.4 Å². The molecule has 1 aromatic rings. The van der Waals surface area contributed by atoms with Gasteiger partial charge in [-0.05, 0) is 43.1 Å². The molecule has 0 aromatic heterocycles. The largest absolute Gasteiger partial charge is 0.504 e. The van der Waals surface area contributed by atoms with E-state index in [-0.39, 0.29) is 17.3 Å². The van der Waals surface area contributed by atoms with Crippen molar-refractivity contribution < 1.29 is 19.4 Å². The number of aromatic hydroxyl groups is 1. The Morgan fingerprint density at radius 3 is 2.58 bits per heavy atom. The summed E-state index contributed by atoms with van der Waals surface area (Å²) in [5.74, 6) is -0.601. The van der Waals surface area contributed by atoms with Gasteiger partial charge in [-0.25, -0.2) is 0 Å². The van der Waals surface area contributed by atoms with Crippen LogP contribution < -0.4 is 4.74 Å². The number of phenols is 1. The van der Waals surface area contributed by atoms with E-state index in [1.165, 1.54) is 7.11 Å². The summed E-state index contributed by atoms with van der Waals surface area (Å²) in [6.07, 6.45) is 4.17. The summed E-state index contributed by atoms with van der Waals surface area (Å²) in [4.78, 5) is 26.3. The maximum Gasteiger partial charge on any atom is 0.166 e. The van der Waals surface area contributed by atoms with Crippen LogP contribution in [0.2, 0.25) is 0 Å². The van der Waals surface area contributed by atoms with E-state index in [1.54, 1.807) is 38.1 Å². The summed E-state index contributed by atoms with van der Waals surface area (Å²) in [6, 6.07) is 5.23. The van der Waals surface area contributed by atoms with Crippen LogP contribution in [0, 0.1) is 11.3 Å². The zero-order chi connectivity index (χ0) is 19.2. The van der Waals surface area contributed by atoms with Crippen LogP contribution in [0.5, 0.6) is 11.5 Å².